The molecular formula is C12H7IN4O3. The number of aromatic nitrogens is 3. The number of benzene rings is 1. The number of fused-ring (bicyclic) bond motifs is 1. The molecule has 2 N–H and O–H groups in total. The zero-order chi connectivity index (χ0) is 14.3. The van der Waals surface area contributed by atoms with Gasteiger partial charge in [-0.3, -0.25) is 14.9 Å². The number of aromatic amines is 2. The van der Waals surface area contributed by atoms with Crippen molar-refractivity contribution in [3.8, 4) is 11.3 Å². The lowest BCUT2D eigenvalue weighted by Gasteiger charge is -1.98. The van der Waals surface area contributed by atoms with Gasteiger partial charge in [-0.25, -0.2) is 4.98 Å². The topological polar surface area (TPSA) is 105 Å². The Hall–Kier alpha value is -2.23. The van der Waals surface area contributed by atoms with Crippen LogP contribution in [-0.4, -0.2) is 19.9 Å². The average molecular weight is 382 g/mol. The standard InChI is InChI=1S/C12H7IN4O3/c13-9-8-11(14-5-15-12(8)18)16-10(9)6-1-3-7(4-2-6)17(19)20/h1-5H,(H2,14,15,16,18). The SMILES string of the molecule is O=c1[nH]cnc2[nH]c(-c3ccc([N+](=O)[O-])cc3)c(I)c12. The van der Waals surface area contributed by atoms with Crippen molar-refractivity contribution in [2.24, 2.45) is 0 Å². The van der Waals surface area contributed by atoms with E-state index in [4.69, 9.17) is 0 Å². The van der Waals surface area contributed by atoms with E-state index in [0.29, 0.717) is 11.0 Å². The van der Waals surface area contributed by atoms with Crippen molar-refractivity contribution in [2.45, 2.75) is 0 Å². The molecule has 2 aromatic heterocycles. The Morgan fingerprint density at radius 1 is 1.25 bits per heavy atom. The number of nitrogens with zero attached hydrogens (tertiary/aromatic N) is 2. The smallest absolute Gasteiger partial charge is 0.269 e. The minimum Gasteiger partial charge on any atom is -0.338 e. The van der Waals surface area contributed by atoms with Gasteiger partial charge in [-0.2, -0.15) is 0 Å². The lowest BCUT2D eigenvalue weighted by molar-refractivity contribution is -0.384. The molecule has 0 amide bonds. The second kappa shape index (κ2) is 4.71. The Bertz CT molecular complexity index is 867. The molecule has 1 aromatic carbocycles. The molecule has 0 saturated carbocycles. The predicted molar refractivity (Wildman–Crippen MR) is 81.5 cm³/mol. The van der Waals surface area contributed by atoms with Crippen molar-refractivity contribution in [1.29, 1.82) is 0 Å². The summed E-state index contributed by atoms with van der Waals surface area (Å²) in [5, 5.41) is 11.1. The first-order valence-electron chi connectivity index (χ1n) is 5.57. The number of nitro groups is 1. The molecule has 3 aromatic rings. The van der Waals surface area contributed by atoms with E-state index < -0.39 is 4.92 Å². The van der Waals surface area contributed by atoms with Crippen LogP contribution in [0.1, 0.15) is 0 Å². The molecule has 20 heavy (non-hydrogen) atoms. The Morgan fingerprint density at radius 2 is 1.95 bits per heavy atom. The van der Waals surface area contributed by atoms with Crippen LogP contribution in [-0.2, 0) is 0 Å². The van der Waals surface area contributed by atoms with Crippen molar-refractivity contribution in [3.63, 3.8) is 0 Å². The van der Waals surface area contributed by atoms with Crippen molar-refractivity contribution in [2.75, 3.05) is 0 Å². The van der Waals surface area contributed by atoms with Crippen LogP contribution in [0, 0.1) is 13.7 Å². The van der Waals surface area contributed by atoms with E-state index in [0.717, 1.165) is 14.8 Å². The molecule has 3 rings (SSSR count). The summed E-state index contributed by atoms with van der Waals surface area (Å²) in [6.07, 6.45) is 1.33. The molecule has 0 aliphatic rings. The molecule has 0 fully saturated rings. The largest absolute Gasteiger partial charge is 0.338 e. The number of rotatable bonds is 2. The third-order valence-electron chi connectivity index (χ3n) is 2.90. The summed E-state index contributed by atoms with van der Waals surface area (Å²) in [6, 6.07) is 6.13. The molecule has 2 heterocycles. The Morgan fingerprint density at radius 3 is 2.55 bits per heavy atom. The molecule has 0 saturated heterocycles. The van der Waals surface area contributed by atoms with Gasteiger partial charge in [-0.1, -0.05) is 0 Å². The third kappa shape index (κ3) is 1.97. The molecule has 8 heteroatoms. The Kier molecular flexibility index (Phi) is 3.01. The van der Waals surface area contributed by atoms with Crippen molar-refractivity contribution >= 4 is 39.3 Å². The van der Waals surface area contributed by atoms with Gasteiger partial charge in [0.1, 0.15) is 5.65 Å². The van der Waals surface area contributed by atoms with Gasteiger partial charge in [0.15, 0.2) is 0 Å². The normalized spacial score (nSPS) is 10.8. The summed E-state index contributed by atoms with van der Waals surface area (Å²) >= 11 is 2.06. The molecule has 0 aliphatic heterocycles. The van der Waals surface area contributed by atoms with Crippen LogP contribution in [0.3, 0.4) is 0 Å². The lowest BCUT2D eigenvalue weighted by atomic mass is 10.1. The zero-order valence-electron chi connectivity index (χ0n) is 9.88. The Labute approximate surface area is 125 Å². The molecule has 0 atom stereocenters. The van der Waals surface area contributed by atoms with Crippen LogP contribution < -0.4 is 5.56 Å². The van der Waals surface area contributed by atoms with E-state index in [9.17, 15) is 14.9 Å². The van der Waals surface area contributed by atoms with Gasteiger partial charge in [0.25, 0.3) is 11.2 Å². The summed E-state index contributed by atoms with van der Waals surface area (Å²) in [6.45, 7) is 0. The minimum atomic E-state index is -0.452. The summed E-state index contributed by atoms with van der Waals surface area (Å²) in [5.41, 5.74) is 1.78. The molecule has 7 nitrogen and oxygen atoms in total. The summed E-state index contributed by atoms with van der Waals surface area (Å²) in [5.74, 6) is 0. The lowest BCUT2D eigenvalue weighted by Crippen LogP contribution is -2.05. The minimum absolute atomic E-state index is 0.0239. The van der Waals surface area contributed by atoms with Crippen molar-refractivity contribution < 1.29 is 4.92 Å². The highest BCUT2D eigenvalue weighted by atomic mass is 127. The van der Waals surface area contributed by atoms with Crippen LogP contribution in [0.2, 0.25) is 0 Å². The van der Waals surface area contributed by atoms with Crippen molar-refractivity contribution in [1.82, 2.24) is 15.0 Å². The Balaban J connectivity index is 2.19. The van der Waals surface area contributed by atoms with Crippen LogP contribution in [0.4, 0.5) is 5.69 Å². The fraction of sp³-hybridized carbons (Fsp3) is 0. The summed E-state index contributed by atoms with van der Waals surface area (Å²) in [7, 11) is 0. The molecule has 0 spiro atoms. The predicted octanol–water partition coefficient (Wildman–Crippen LogP) is 2.43. The molecule has 0 aliphatic carbocycles. The maximum absolute atomic E-state index is 11.8. The molecule has 0 unspecified atom stereocenters. The van der Waals surface area contributed by atoms with Crippen LogP contribution in [0.15, 0.2) is 35.4 Å². The van der Waals surface area contributed by atoms with E-state index in [-0.39, 0.29) is 11.2 Å². The van der Waals surface area contributed by atoms with E-state index in [1.165, 1.54) is 18.5 Å². The monoisotopic (exact) mass is 382 g/mol. The second-order valence-corrected chi connectivity index (χ2v) is 5.15. The van der Waals surface area contributed by atoms with Gasteiger partial charge >= 0.3 is 0 Å². The van der Waals surface area contributed by atoms with Gasteiger partial charge in [-0.15, -0.1) is 0 Å². The van der Waals surface area contributed by atoms with E-state index in [1.807, 2.05) is 0 Å². The summed E-state index contributed by atoms with van der Waals surface area (Å²) < 4.78 is 0.737. The first kappa shape index (κ1) is 12.8. The number of hydrogen-bond donors (Lipinski definition) is 2. The van der Waals surface area contributed by atoms with E-state index in [2.05, 4.69) is 37.5 Å². The van der Waals surface area contributed by atoms with Crippen LogP contribution >= 0.6 is 22.6 Å². The number of nitro benzene ring substituents is 1. The zero-order valence-corrected chi connectivity index (χ0v) is 12.0. The second-order valence-electron chi connectivity index (χ2n) is 4.07. The molecular weight excluding hydrogens is 375 g/mol. The number of non-ortho nitro benzene ring substituents is 1. The van der Waals surface area contributed by atoms with Gasteiger partial charge in [0, 0.05) is 12.1 Å². The van der Waals surface area contributed by atoms with Crippen LogP contribution in [0.5, 0.6) is 0 Å². The van der Waals surface area contributed by atoms with Gasteiger partial charge in [0.05, 0.1) is 25.9 Å². The highest BCUT2D eigenvalue weighted by Gasteiger charge is 2.15. The number of nitrogens with one attached hydrogen (secondary N) is 2. The maximum atomic E-state index is 11.8. The highest BCUT2D eigenvalue weighted by molar-refractivity contribution is 14.1. The first-order valence-corrected chi connectivity index (χ1v) is 6.65. The van der Waals surface area contributed by atoms with Gasteiger partial charge in [-0.05, 0) is 40.3 Å². The summed E-state index contributed by atoms with van der Waals surface area (Å²) in [4.78, 5) is 31.6. The number of hydrogen-bond acceptors (Lipinski definition) is 4. The van der Waals surface area contributed by atoms with E-state index >= 15 is 0 Å². The number of halogens is 1. The fourth-order valence-corrected chi connectivity index (χ4v) is 2.89. The molecule has 100 valence electrons. The maximum Gasteiger partial charge on any atom is 0.269 e. The van der Waals surface area contributed by atoms with E-state index in [1.54, 1.807) is 12.1 Å². The van der Waals surface area contributed by atoms with Gasteiger partial charge in [0.2, 0.25) is 0 Å². The quantitative estimate of drug-likeness (QED) is 0.404. The fourth-order valence-electron chi connectivity index (χ4n) is 1.95. The first-order chi connectivity index (χ1) is 9.58. The van der Waals surface area contributed by atoms with Gasteiger partial charge < -0.3 is 9.97 Å². The molecule has 0 bridgehead atoms. The van der Waals surface area contributed by atoms with Crippen molar-refractivity contribution in [3.05, 3.63) is 54.6 Å². The average Bonchev–Trinajstić information content (AvgIpc) is 2.77. The number of H-pyrrole nitrogens is 2. The molecule has 0 radical (unpaired) electrons. The van der Waals surface area contributed by atoms with Crippen LogP contribution in [0.25, 0.3) is 22.3 Å². The highest BCUT2D eigenvalue weighted by Crippen LogP contribution is 2.29. The third-order valence-corrected chi connectivity index (χ3v) is 3.98.